The summed E-state index contributed by atoms with van der Waals surface area (Å²) in [5.41, 5.74) is 0. The molecule has 4 heteroatoms. The first kappa shape index (κ1) is 29.6. The molecule has 0 aliphatic heterocycles. The number of hydrogen-bond acceptors (Lipinski definition) is 0. The van der Waals surface area contributed by atoms with Crippen LogP contribution in [0.15, 0.2) is 0 Å². The first-order chi connectivity index (χ1) is 0. The molecule has 0 heterocycles. The van der Waals surface area contributed by atoms with Gasteiger partial charge in [0.1, 0.15) is 0 Å². The van der Waals surface area contributed by atoms with Crippen LogP contribution in [0.25, 0.3) is 0 Å². The Bertz CT molecular complexity index is 3.25. The van der Waals surface area contributed by atoms with Crippen molar-refractivity contribution in [2.75, 3.05) is 0 Å². The maximum absolute atomic E-state index is 0. The summed E-state index contributed by atoms with van der Waals surface area (Å²) in [6.45, 7) is 0. The molecule has 0 saturated heterocycles. The molecule has 0 aromatic carbocycles. The van der Waals surface area contributed by atoms with Gasteiger partial charge in [0.15, 0.2) is 0 Å². The smallest absolute Gasteiger partial charge is 0 e. The summed E-state index contributed by atoms with van der Waals surface area (Å²) in [4.78, 5) is 0. The summed E-state index contributed by atoms with van der Waals surface area (Å²) in [7, 11) is 0. The van der Waals surface area contributed by atoms with Gasteiger partial charge in [-0.1, -0.05) is 0 Å². The van der Waals surface area contributed by atoms with Crippen molar-refractivity contribution in [1.82, 2.24) is 0 Å². The first-order valence-corrected chi connectivity index (χ1v) is 0. The zero-order valence-corrected chi connectivity index (χ0v) is 6.15. The Labute approximate surface area is 85.6 Å². The second-order valence-electron chi connectivity index (χ2n) is 0. The maximum atomic E-state index is 0. The number of hydrogen-bond donors (Lipinski definition) is 0. The van der Waals surface area contributed by atoms with Crippen LogP contribution in [0, 0.1) is 37.7 Å². The minimum absolute atomic E-state index is 0. The summed E-state index contributed by atoms with van der Waals surface area (Å²) < 4.78 is 0. The molecule has 0 aliphatic carbocycles. The molecule has 0 spiro atoms. The van der Waals surface area contributed by atoms with Crippen molar-refractivity contribution in [3.8, 4) is 0 Å². The SMILES string of the molecule is [Ho].[Ni].[Ni].[Ni]. The fraction of sp³-hybridized carbons (Fsp3) is 0. The van der Waals surface area contributed by atoms with Gasteiger partial charge in [-0.05, 0) is 0 Å². The van der Waals surface area contributed by atoms with Gasteiger partial charge in [0.2, 0.25) is 0 Å². The van der Waals surface area contributed by atoms with Crippen LogP contribution in [-0.4, -0.2) is 0 Å². The Balaban J connectivity index is 0. The van der Waals surface area contributed by atoms with Crippen LogP contribution in [0.5, 0.6) is 0 Å². The monoisotopic (exact) mass is 339 g/mol. The zero-order valence-electron chi connectivity index (χ0n) is 1.25. The molecular formula is HoNi3. The topological polar surface area (TPSA) is 0 Å². The van der Waals surface area contributed by atoms with Gasteiger partial charge in [-0.15, -0.1) is 0 Å². The second kappa shape index (κ2) is 17.2. The van der Waals surface area contributed by atoms with Gasteiger partial charge >= 0.3 is 0 Å². The van der Waals surface area contributed by atoms with Crippen molar-refractivity contribution in [1.29, 1.82) is 0 Å². The fourth-order valence-electron chi connectivity index (χ4n) is 0. The molecule has 0 bridgehead atoms. The molecule has 1 radical (unpaired) electrons. The molecule has 0 aliphatic rings. The van der Waals surface area contributed by atoms with Crippen molar-refractivity contribution in [3.05, 3.63) is 0 Å². The van der Waals surface area contributed by atoms with E-state index in [1.54, 1.807) is 0 Å². The Hall–Kier alpha value is 2.74. The van der Waals surface area contributed by atoms with Gasteiger partial charge in [-0.25, -0.2) is 0 Å². The molecule has 0 rings (SSSR count). The third-order valence-electron chi connectivity index (χ3n) is 0. The van der Waals surface area contributed by atoms with Crippen LogP contribution in [0.3, 0.4) is 0 Å². The third-order valence-corrected chi connectivity index (χ3v) is 0. The van der Waals surface area contributed by atoms with E-state index in [1.807, 2.05) is 0 Å². The normalized spacial score (nSPS) is 0. The Morgan fingerprint density at radius 3 is 0.500 bits per heavy atom. The van der Waals surface area contributed by atoms with Gasteiger partial charge < -0.3 is 0 Å². The Kier molecular flexibility index (Phi) is 127. The molecule has 0 atom stereocenters. The molecule has 0 saturated carbocycles. The predicted molar refractivity (Wildman–Crippen MR) is 0 cm³/mol. The molecule has 0 amide bonds. The average Bonchev–Trinajstić information content (AvgIpc) is 0. The Morgan fingerprint density at radius 1 is 0.500 bits per heavy atom. The van der Waals surface area contributed by atoms with Gasteiger partial charge in [0.25, 0.3) is 0 Å². The van der Waals surface area contributed by atoms with Crippen LogP contribution in [0.1, 0.15) is 0 Å². The predicted octanol–water partition coefficient (Wildman–Crippen LogP) is -0.00750. The largest absolute Gasteiger partial charge is 0 e. The summed E-state index contributed by atoms with van der Waals surface area (Å²) in [6, 6.07) is 0. The van der Waals surface area contributed by atoms with Gasteiger partial charge in [0.05, 0.1) is 0 Å². The van der Waals surface area contributed by atoms with Gasteiger partial charge in [-0.3, -0.25) is 0 Å². The van der Waals surface area contributed by atoms with Crippen molar-refractivity contribution < 1.29 is 87.2 Å². The van der Waals surface area contributed by atoms with Crippen LogP contribution in [-0.2, 0) is 49.5 Å². The Morgan fingerprint density at radius 2 is 0.500 bits per heavy atom. The third kappa shape index (κ3) is 8.83. The van der Waals surface area contributed by atoms with E-state index in [0.29, 0.717) is 0 Å². The van der Waals surface area contributed by atoms with Crippen molar-refractivity contribution in [2.45, 2.75) is 0 Å². The average molecular weight is 341 g/mol. The van der Waals surface area contributed by atoms with Crippen LogP contribution >= 0.6 is 0 Å². The maximum Gasteiger partial charge on any atom is 0 e. The number of rotatable bonds is 0. The van der Waals surface area contributed by atoms with E-state index in [0.717, 1.165) is 0 Å². The zero-order chi connectivity index (χ0) is 0. The van der Waals surface area contributed by atoms with Crippen LogP contribution < -0.4 is 0 Å². The van der Waals surface area contributed by atoms with E-state index in [4.69, 9.17) is 0 Å². The minimum atomic E-state index is 0. The summed E-state index contributed by atoms with van der Waals surface area (Å²) in [6.07, 6.45) is 0. The molecule has 0 fully saturated rings. The summed E-state index contributed by atoms with van der Waals surface area (Å²) in [5, 5.41) is 0. The molecule has 0 nitrogen and oxygen atoms in total. The molecule has 0 aromatic rings. The molecule has 0 unspecified atom stereocenters. The molecule has 4 heavy (non-hydrogen) atoms. The quantitative estimate of drug-likeness (QED) is 0.544. The van der Waals surface area contributed by atoms with E-state index in [2.05, 4.69) is 0 Å². The van der Waals surface area contributed by atoms with E-state index >= 15 is 0 Å². The molecule has 0 N–H and O–H groups in total. The van der Waals surface area contributed by atoms with Crippen molar-refractivity contribution in [3.63, 3.8) is 0 Å². The fourth-order valence-corrected chi connectivity index (χ4v) is 0. The summed E-state index contributed by atoms with van der Waals surface area (Å²) in [5.74, 6) is 0. The molecule has 0 aromatic heterocycles. The first-order valence-electron chi connectivity index (χ1n) is 0. The van der Waals surface area contributed by atoms with Crippen molar-refractivity contribution in [2.24, 2.45) is 0 Å². The minimum Gasteiger partial charge on any atom is 0 e. The van der Waals surface area contributed by atoms with E-state index in [-0.39, 0.29) is 87.2 Å². The molecular weight excluding hydrogens is 341 g/mol. The van der Waals surface area contributed by atoms with E-state index < -0.39 is 0 Å². The van der Waals surface area contributed by atoms with Gasteiger partial charge in [-0.2, -0.15) is 0 Å². The van der Waals surface area contributed by atoms with E-state index in [9.17, 15) is 0 Å². The van der Waals surface area contributed by atoms with Crippen molar-refractivity contribution >= 4 is 0 Å². The van der Waals surface area contributed by atoms with Crippen LogP contribution in [0.2, 0.25) is 0 Å². The standard InChI is InChI=1S/Ho.3Ni. The molecule has 41 valence electrons. The van der Waals surface area contributed by atoms with Crippen LogP contribution in [0.4, 0.5) is 0 Å². The van der Waals surface area contributed by atoms with E-state index in [1.165, 1.54) is 0 Å². The van der Waals surface area contributed by atoms with Gasteiger partial charge in [0, 0.05) is 87.2 Å². The second-order valence-corrected chi connectivity index (χ2v) is 0. The summed E-state index contributed by atoms with van der Waals surface area (Å²) >= 11 is 0.